The molecule has 1 saturated carbocycles. The number of rotatable bonds is 4. The molecule has 1 aliphatic rings. The Hall–Kier alpha value is -0.0800. The van der Waals surface area contributed by atoms with Gasteiger partial charge in [-0.25, -0.2) is 0 Å². The second-order valence-electron chi connectivity index (χ2n) is 6.92. The Bertz CT molecular complexity index is 185. The fraction of sp³-hybridized carbons (Fsp3) is 1.00. The second-order valence-corrected chi connectivity index (χ2v) is 6.92. The van der Waals surface area contributed by atoms with Crippen LogP contribution in [-0.4, -0.2) is 38.1 Å². The summed E-state index contributed by atoms with van der Waals surface area (Å²) in [5, 5.41) is 3.72. The van der Waals surface area contributed by atoms with Crippen molar-refractivity contribution in [3.05, 3.63) is 0 Å². The van der Waals surface area contributed by atoms with Crippen LogP contribution in [0.4, 0.5) is 0 Å². The van der Waals surface area contributed by atoms with Crippen LogP contribution in [0.2, 0.25) is 0 Å². The van der Waals surface area contributed by atoms with Crippen LogP contribution in [0.1, 0.15) is 46.5 Å². The van der Waals surface area contributed by atoms with Crippen LogP contribution in [0.25, 0.3) is 0 Å². The van der Waals surface area contributed by atoms with Gasteiger partial charge in [-0.1, -0.05) is 20.8 Å². The topological polar surface area (TPSA) is 15.3 Å². The van der Waals surface area contributed by atoms with Crippen LogP contribution in [0.5, 0.6) is 0 Å². The summed E-state index contributed by atoms with van der Waals surface area (Å²) in [5.41, 5.74) is 0.417. The van der Waals surface area contributed by atoms with Crippen molar-refractivity contribution in [3.63, 3.8) is 0 Å². The maximum atomic E-state index is 3.72. The molecule has 0 atom stereocenters. The molecular formula is C14H30N2. The Morgan fingerprint density at radius 2 is 1.62 bits per heavy atom. The monoisotopic (exact) mass is 226 g/mol. The van der Waals surface area contributed by atoms with Crippen molar-refractivity contribution in [2.24, 2.45) is 11.3 Å². The van der Waals surface area contributed by atoms with Crippen molar-refractivity contribution in [2.45, 2.75) is 52.5 Å². The average molecular weight is 226 g/mol. The van der Waals surface area contributed by atoms with Gasteiger partial charge in [-0.05, 0) is 51.1 Å². The van der Waals surface area contributed by atoms with Gasteiger partial charge in [-0.15, -0.1) is 0 Å². The third-order valence-corrected chi connectivity index (χ3v) is 3.39. The quantitative estimate of drug-likeness (QED) is 0.793. The van der Waals surface area contributed by atoms with E-state index in [1.165, 1.54) is 32.2 Å². The third kappa shape index (κ3) is 5.86. The highest BCUT2D eigenvalue weighted by Gasteiger charge is 2.22. The van der Waals surface area contributed by atoms with Crippen LogP contribution in [0.15, 0.2) is 0 Å². The third-order valence-electron chi connectivity index (χ3n) is 3.39. The first-order valence-corrected chi connectivity index (χ1v) is 6.75. The molecule has 0 unspecified atom stereocenters. The van der Waals surface area contributed by atoms with Gasteiger partial charge in [0.2, 0.25) is 0 Å². The van der Waals surface area contributed by atoms with E-state index in [0.29, 0.717) is 5.41 Å². The zero-order valence-corrected chi connectivity index (χ0v) is 11.8. The Labute approximate surface area is 102 Å². The molecule has 1 N–H and O–H groups in total. The lowest BCUT2D eigenvalue weighted by Gasteiger charge is -2.32. The maximum absolute atomic E-state index is 3.72. The number of hydrogen-bond acceptors (Lipinski definition) is 2. The van der Waals surface area contributed by atoms with Crippen molar-refractivity contribution >= 4 is 0 Å². The minimum Gasteiger partial charge on any atom is -0.313 e. The van der Waals surface area contributed by atoms with Crippen LogP contribution in [-0.2, 0) is 0 Å². The largest absolute Gasteiger partial charge is 0.313 e. The van der Waals surface area contributed by atoms with Gasteiger partial charge in [0.05, 0.1) is 0 Å². The smallest absolute Gasteiger partial charge is 0.00675 e. The zero-order chi connectivity index (χ0) is 12.2. The molecule has 1 fully saturated rings. The predicted octanol–water partition coefficient (Wildman–Crippen LogP) is 2.74. The Kier molecular flexibility index (Phi) is 5.26. The van der Waals surface area contributed by atoms with Gasteiger partial charge in [0.1, 0.15) is 0 Å². The normalized spacial score (nSPS) is 27.4. The molecular weight excluding hydrogens is 196 g/mol. The van der Waals surface area contributed by atoms with Crippen molar-refractivity contribution < 1.29 is 0 Å². The molecule has 96 valence electrons. The Balaban J connectivity index is 2.17. The predicted molar refractivity (Wildman–Crippen MR) is 71.8 cm³/mol. The molecule has 2 nitrogen and oxygen atoms in total. The molecule has 0 heterocycles. The fourth-order valence-corrected chi connectivity index (χ4v) is 2.52. The lowest BCUT2D eigenvalue weighted by molar-refractivity contribution is 0.224. The molecule has 0 aliphatic heterocycles. The SMILES string of the molecule is CN(C)CC1CCC(NCC(C)(C)C)CC1. The number of nitrogens with one attached hydrogen (secondary N) is 1. The molecule has 1 rings (SSSR count). The first kappa shape index (κ1) is 14.0. The second kappa shape index (κ2) is 6.02. The Morgan fingerprint density at radius 3 is 2.06 bits per heavy atom. The molecule has 1 aliphatic carbocycles. The van der Waals surface area contributed by atoms with E-state index in [2.05, 4.69) is 45.1 Å². The van der Waals surface area contributed by atoms with Gasteiger partial charge < -0.3 is 10.2 Å². The standard InChI is InChI=1S/C14H30N2/c1-14(2,3)11-15-13-8-6-12(7-9-13)10-16(4)5/h12-13,15H,6-11H2,1-5H3. The highest BCUT2D eigenvalue weighted by atomic mass is 15.1. The van der Waals surface area contributed by atoms with Gasteiger partial charge in [0.25, 0.3) is 0 Å². The van der Waals surface area contributed by atoms with Gasteiger partial charge in [-0.2, -0.15) is 0 Å². The van der Waals surface area contributed by atoms with E-state index in [-0.39, 0.29) is 0 Å². The molecule has 0 aromatic rings. The maximum Gasteiger partial charge on any atom is 0.00675 e. The van der Waals surface area contributed by atoms with E-state index in [0.717, 1.165) is 18.5 Å². The van der Waals surface area contributed by atoms with Crippen molar-refractivity contribution in [2.75, 3.05) is 27.2 Å². The van der Waals surface area contributed by atoms with Crippen molar-refractivity contribution in [3.8, 4) is 0 Å². The summed E-state index contributed by atoms with van der Waals surface area (Å²) < 4.78 is 0. The Morgan fingerprint density at radius 1 is 1.06 bits per heavy atom. The molecule has 16 heavy (non-hydrogen) atoms. The van der Waals surface area contributed by atoms with Crippen LogP contribution >= 0.6 is 0 Å². The minimum atomic E-state index is 0.417. The molecule has 0 saturated heterocycles. The van der Waals surface area contributed by atoms with Gasteiger partial charge in [0, 0.05) is 19.1 Å². The van der Waals surface area contributed by atoms with Crippen molar-refractivity contribution in [1.29, 1.82) is 0 Å². The van der Waals surface area contributed by atoms with E-state index in [4.69, 9.17) is 0 Å². The van der Waals surface area contributed by atoms with Crippen molar-refractivity contribution in [1.82, 2.24) is 10.2 Å². The average Bonchev–Trinajstić information content (AvgIpc) is 2.14. The summed E-state index contributed by atoms with van der Waals surface area (Å²) in [5.74, 6) is 0.933. The molecule has 0 radical (unpaired) electrons. The lowest BCUT2D eigenvalue weighted by Crippen LogP contribution is -2.39. The molecule has 2 heteroatoms. The highest BCUT2D eigenvalue weighted by Crippen LogP contribution is 2.25. The summed E-state index contributed by atoms with van der Waals surface area (Å²) in [4.78, 5) is 2.33. The first-order valence-electron chi connectivity index (χ1n) is 6.75. The first-order chi connectivity index (χ1) is 7.37. The van der Waals surface area contributed by atoms with Gasteiger partial charge >= 0.3 is 0 Å². The molecule has 0 aromatic heterocycles. The van der Waals surface area contributed by atoms with E-state index >= 15 is 0 Å². The lowest BCUT2D eigenvalue weighted by atomic mass is 9.85. The molecule has 0 bridgehead atoms. The number of nitrogens with zero attached hydrogens (tertiary/aromatic N) is 1. The summed E-state index contributed by atoms with van der Waals surface area (Å²) in [6.45, 7) is 9.33. The van der Waals surface area contributed by atoms with Gasteiger partial charge in [0.15, 0.2) is 0 Å². The minimum absolute atomic E-state index is 0.417. The summed E-state index contributed by atoms with van der Waals surface area (Å²) in [6.07, 6.45) is 5.54. The van der Waals surface area contributed by atoms with Crippen LogP contribution in [0, 0.1) is 11.3 Å². The van der Waals surface area contributed by atoms with E-state index < -0.39 is 0 Å². The summed E-state index contributed by atoms with van der Waals surface area (Å²) in [6, 6.07) is 0.776. The fourth-order valence-electron chi connectivity index (χ4n) is 2.52. The highest BCUT2D eigenvalue weighted by molar-refractivity contribution is 4.79. The van der Waals surface area contributed by atoms with Crippen LogP contribution < -0.4 is 5.32 Å². The summed E-state index contributed by atoms with van der Waals surface area (Å²) in [7, 11) is 4.37. The summed E-state index contributed by atoms with van der Waals surface area (Å²) >= 11 is 0. The molecule has 0 aromatic carbocycles. The van der Waals surface area contributed by atoms with E-state index in [1.54, 1.807) is 0 Å². The molecule has 0 spiro atoms. The van der Waals surface area contributed by atoms with Crippen LogP contribution in [0.3, 0.4) is 0 Å². The van der Waals surface area contributed by atoms with E-state index in [1.807, 2.05) is 0 Å². The van der Waals surface area contributed by atoms with Gasteiger partial charge in [-0.3, -0.25) is 0 Å². The number of hydrogen-bond donors (Lipinski definition) is 1. The zero-order valence-electron chi connectivity index (χ0n) is 11.8. The van der Waals surface area contributed by atoms with E-state index in [9.17, 15) is 0 Å². The molecule has 0 amide bonds.